The van der Waals surface area contributed by atoms with Crippen LogP contribution in [-0.2, 0) is 20.7 Å². The molecule has 0 aliphatic carbocycles. The van der Waals surface area contributed by atoms with Crippen LogP contribution in [0.15, 0.2) is 60.2 Å². The van der Waals surface area contributed by atoms with Gasteiger partial charge in [0.15, 0.2) is 0 Å². The Hall–Kier alpha value is -2.88. The standard InChI is InChI=1S/C22H21NO3/c1-2-26-22(25)19-14-18(15-8-4-3-5-9-15)21(24)23-13-12-16-10-6-7-11-17(16)20(19)23/h3-11,18H,2,12-14H2,1H3. The molecule has 0 spiro atoms. The molecule has 4 nitrogen and oxygen atoms in total. The van der Waals surface area contributed by atoms with Crippen LogP contribution in [-0.4, -0.2) is 29.9 Å². The van der Waals surface area contributed by atoms with Crippen LogP contribution in [0.3, 0.4) is 0 Å². The van der Waals surface area contributed by atoms with Crippen molar-refractivity contribution >= 4 is 17.6 Å². The summed E-state index contributed by atoms with van der Waals surface area (Å²) in [6.07, 6.45) is 1.17. The molecular weight excluding hydrogens is 326 g/mol. The van der Waals surface area contributed by atoms with Crippen molar-refractivity contribution in [3.05, 3.63) is 76.9 Å². The number of benzene rings is 2. The average Bonchev–Trinajstić information content (AvgIpc) is 2.69. The fourth-order valence-corrected chi connectivity index (χ4v) is 3.92. The maximum Gasteiger partial charge on any atom is 0.336 e. The Bertz CT molecular complexity index is 885. The molecule has 4 heteroatoms. The smallest absolute Gasteiger partial charge is 0.336 e. The van der Waals surface area contributed by atoms with Crippen molar-refractivity contribution < 1.29 is 14.3 Å². The highest BCUT2D eigenvalue weighted by atomic mass is 16.5. The monoisotopic (exact) mass is 347 g/mol. The summed E-state index contributed by atoms with van der Waals surface area (Å²) in [6.45, 7) is 2.72. The largest absolute Gasteiger partial charge is 0.463 e. The van der Waals surface area contributed by atoms with Gasteiger partial charge in [-0.15, -0.1) is 0 Å². The topological polar surface area (TPSA) is 46.6 Å². The minimum absolute atomic E-state index is 0.0637. The molecule has 2 aliphatic rings. The third-order valence-electron chi connectivity index (χ3n) is 5.13. The Morgan fingerprint density at radius 1 is 1.12 bits per heavy atom. The lowest BCUT2D eigenvalue weighted by Crippen LogP contribution is -2.43. The average molecular weight is 347 g/mol. The Morgan fingerprint density at radius 2 is 1.85 bits per heavy atom. The second kappa shape index (κ2) is 6.79. The van der Waals surface area contributed by atoms with Gasteiger partial charge in [0.2, 0.25) is 5.91 Å². The Labute approximate surface area is 153 Å². The lowest BCUT2D eigenvalue weighted by atomic mass is 9.82. The zero-order chi connectivity index (χ0) is 18.1. The van der Waals surface area contributed by atoms with Crippen molar-refractivity contribution in [2.45, 2.75) is 25.7 Å². The van der Waals surface area contributed by atoms with Crippen LogP contribution < -0.4 is 0 Å². The lowest BCUT2D eigenvalue weighted by molar-refractivity contribution is -0.139. The van der Waals surface area contributed by atoms with E-state index in [-0.39, 0.29) is 17.8 Å². The van der Waals surface area contributed by atoms with Crippen LogP contribution in [0.5, 0.6) is 0 Å². The van der Waals surface area contributed by atoms with E-state index in [1.807, 2.05) is 48.5 Å². The SMILES string of the molecule is CCOC(=O)C1=C2c3ccccc3CCN2C(=O)C(c2ccccc2)C1. The van der Waals surface area contributed by atoms with Gasteiger partial charge in [-0.05, 0) is 30.9 Å². The maximum absolute atomic E-state index is 13.2. The van der Waals surface area contributed by atoms with Gasteiger partial charge in [0.25, 0.3) is 0 Å². The van der Waals surface area contributed by atoms with Gasteiger partial charge < -0.3 is 9.64 Å². The Kier molecular flexibility index (Phi) is 4.33. The molecule has 1 atom stereocenters. The van der Waals surface area contributed by atoms with Crippen molar-refractivity contribution in [2.75, 3.05) is 13.2 Å². The molecule has 0 fully saturated rings. The van der Waals surface area contributed by atoms with E-state index in [2.05, 4.69) is 6.07 Å². The second-order valence-electron chi connectivity index (χ2n) is 6.61. The highest BCUT2D eigenvalue weighted by molar-refractivity contribution is 6.06. The van der Waals surface area contributed by atoms with Crippen molar-refractivity contribution in [1.29, 1.82) is 0 Å². The third-order valence-corrected chi connectivity index (χ3v) is 5.13. The van der Waals surface area contributed by atoms with Crippen LogP contribution in [0.2, 0.25) is 0 Å². The van der Waals surface area contributed by atoms with Gasteiger partial charge in [-0.3, -0.25) is 4.79 Å². The van der Waals surface area contributed by atoms with E-state index in [9.17, 15) is 9.59 Å². The van der Waals surface area contributed by atoms with Gasteiger partial charge in [-0.25, -0.2) is 4.79 Å². The zero-order valence-corrected chi connectivity index (χ0v) is 14.8. The van der Waals surface area contributed by atoms with Crippen molar-refractivity contribution in [1.82, 2.24) is 4.90 Å². The number of carbonyl (C=O) groups excluding carboxylic acids is 2. The zero-order valence-electron chi connectivity index (χ0n) is 14.8. The van der Waals surface area contributed by atoms with Gasteiger partial charge in [-0.2, -0.15) is 0 Å². The summed E-state index contributed by atoms with van der Waals surface area (Å²) in [5.41, 5.74) is 4.43. The van der Waals surface area contributed by atoms with Crippen LogP contribution >= 0.6 is 0 Å². The number of rotatable bonds is 3. The highest BCUT2D eigenvalue weighted by Crippen LogP contribution is 2.42. The fourth-order valence-electron chi connectivity index (χ4n) is 3.92. The van der Waals surface area contributed by atoms with Gasteiger partial charge in [0.05, 0.1) is 23.8 Å². The first kappa shape index (κ1) is 16.6. The van der Waals surface area contributed by atoms with Crippen molar-refractivity contribution in [3.8, 4) is 0 Å². The van der Waals surface area contributed by atoms with Crippen LogP contribution in [0.4, 0.5) is 0 Å². The number of fused-ring (bicyclic) bond motifs is 3. The molecule has 2 aromatic rings. The molecule has 26 heavy (non-hydrogen) atoms. The van der Waals surface area contributed by atoms with Crippen LogP contribution in [0.1, 0.15) is 36.0 Å². The fraction of sp³-hybridized carbons (Fsp3) is 0.273. The summed E-state index contributed by atoms with van der Waals surface area (Å²) in [5, 5.41) is 0. The second-order valence-corrected chi connectivity index (χ2v) is 6.61. The molecule has 0 bridgehead atoms. The minimum atomic E-state index is -0.343. The number of hydrogen-bond donors (Lipinski definition) is 0. The molecule has 1 unspecified atom stereocenters. The van der Waals surface area contributed by atoms with Crippen molar-refractivity contribution in [3.63, 3.8) is 0 Å². The summed E-state index contributed by atoms with van der Waals surface area (Å²) in [5.74, 6) is -0.601. The molecule has 0 saturated heterocycles. The van der Waals surface area contributed by atoms with E-state index < -0.39 is 0 Å². The number of ether oxygens (including phenoxy) is 1. The first-order chi connectivity index (χ1) is 12.7. The van der Waals surface area contributed by atoms with Crippen LogP contribution in [0.25, 0.3) is 5.70 Å². The summed E-state index contributed by atoms with van der Waals surface area (Å²) >= 11 is 0. The number of esters is 1. The first-order valence-electron chi connectivity index (χ1n) is 9.05. The Balaban J connectivity index is 1.86. The van der Waals surface area contributed by atoms with E-state index in [0.29, 0.717) is 25.1 Å². The Morgan fingerprint density at radius 3 is 2.62 bits per heavy atom. The number of carbonyl (C=O) groups is 2. The van der Waals surface area contributed by atoms with Crippen molar-refractivity contribution in [2.24, 2.45) is 0 Å². The molecule has 0 radical (unpaired) electrons. The van der Waals surface area contributed by atoms with Gasteiger partial charge >= 0.3 is 5.97 Å². The van der Waals surface area contributed by atoms with E-state index in [0.717, 1.165) is 23.2 Å². The predicted octanol–water partition coefficient (Wildman–Crippen LogP) is 3.53. The molecule has 2 aromatic carbocycles. The molecule has 1 amide bonds. The molecular formula is C22H21NO3. The summed E-state index contributed by atoms with van der Waals surface area (Å²) in [4.78, 5) is 27.8. The summed E-state index contributed by atoms with van der Waals surface area (Å²) in [6, 6.07) is 17.7. The van der Waals surface area contributed by atoms with E-state index in [1.54, 1.807) is 11.8 Å². The molecule has 0 saturated carbocycles. The minimum Gasteiger partial charge on any atom is -0.463 e. The maximum atomic E-state index is 13.2. The highest BCUT2D eigenvalue weighted by Gasteiger charge is 2.40. The molecule has 2 heterocycles. The predicted molar refractivity (Wildman–Crippen MR) is 99.2 cm³/mol. The molecule has 4 rings (SSSR count). The number of amides is 1. The third kappa shape index (κ3) is 2.71. The molecule has 0 N–H and O–H groups in total. The molecule has 0 aromatic heterocycles. The first-order valence-corrected chi connectivity index (χ1v) is 9.05. The van der Waals surface area contributed by atoms with Gasteiger partial charge in [0.1, 0.15) is 0 Å². The van der Waals surface area contributed by atoms with E-state index in [1.165, 1.54) is 5.56 Å². The summed E-state index contributed by atoms with van der Waals surface area (Å²) in [7, 11) is 0. The van der Waals surface area contributed by atoms with Gasteiger partial charge in [-0.1, -0.05) is 54.6 Å². The van der Waals surface area contributed by atoms with E-state index >= 15 is 0 Å². The van der Waals surface area contributed by atoms with Gasteiger partial charge in [0, 0.05) is 12.1 Å². The molecule has 132 valence electrons. The molecule has 2 aliphatic heterocycles. The number of hydrogen-bond acceptors (Lipinski definition) is 3. The van der Waals surface area contributed by atoms with E-state index in [4.69, 9.17) is 4.74 Å². The number of nitrogens with zero attached hydrogens (tertiary/aromatic N) is 1. The quantitative estimate of drug-likeness (QED) is 0.798. The summed E-state index contributed by atoms with van der Waals surface area (Å²) < 4.78 is 5.33. The van der Waals surface area contributed by atoms with Crippen LogP contribution in [0, 0.1) is 0 Å². The normalized spacial score (nSPS) is 19.0. The lowest BCUT2D eigenvalue weighted by Gasteiger charge is -2.39.